The van der Waals surface area contributed by atoms with E-state index in [2.05, 4.69) is 101 Å². The highest BCUT2D eigenvalue weighted by molar-refractivity contribution is 9.11. The molecule has 4 aromatic carbocycles. The van der Waals surface area contributed by atoms with Crippen LogP contribution in [0.3, 0.4) is 0 Å². The first-order valence-corrected chi connectivity index (χ1v) is 19.3. The van der Waals surface area contributed by atoms with Crippen molar-refractivity contribution in [1.29, 1.82) is 0 Å². The van der Waals surface area contributed by atoms with Gasteiger partial charge in [-0.2, -0.15) is 0 Å². The fourth-order valence-corrected chi connectivity index (χ4v) is 5.98. The molecule has 3 N–H and O–H groups in total. The zero-order valence-corrected chi connectivity index (χ0v) is 35.4. The average molecular weight is 960 g/mol. The van der Waals surface area contributed by atoms with Gasteiger partial charge in [-0.3, -0.25) is 25.2 Å². The van der Waals surface area contributed by atoms with Crippen LogP contribution in [0.15, 0.2) is 119 Å². The highest BCUT2D eigenvalue weighted by Crippen LogP contribution is 2.24. The lowest BCUT2D eigenvalue weighted by atomic mass is 10.1. The molecule has 7 rings (SSSR count). The van der Waals surface area contributed by atoms with Crippen LogP contribution in [0.1, 0.15) is 39.4 Å². The molecule has 0 bridgehead atoms. The summed E-state index contributed by atoms with van der Waals surface area (Å²) >= 11 is 15.1. The Bertz CT molecular complexity index is 2190. The third kappa shape index (κ3) is 14.8. The molecule has 1 aliphatic heterocycles. The van der Waals surface area contributed by atoms with Gasteiger partial charge in [0.05, 0.1) is 0 Å². The largest absolute Gasteiger partial charge is 0.421 e. The fraction of sp³-hybridized carbons (Fsp3) is 0.184. The van der Waals surface area contributed by atoms with Crippen molar-refractivity contribution in [2.45, 2.75) is 20.8 Å². The Kier molecular flexibility index (Phi) is 17.2. The van der Waals surface area contributed by atoms with Crippen molar-refractivity contribution in [2.24, 2.45) is 0 Å². The number of aromatic nitrogens is 4. The van der Waals surface area contributed by atoms with Crippen LogP contribution in [-0.4, -0.2) is 63.6 Å². The third-order valence-electron chi connectivity index (χ3n) is 7.19. The van der Waals surface area contributed by atoms with Crippen LogP contribution in [0.4, 0.5) is 5.69 Å². The maximum Gasteiger partial charge on any atom is 0.269 e. The standard InChI is InChI=1S/C13H16N4O.C9H9BrN2O2.C9H7BrN2O.C7H4BrClO/c1-10-15-16-13(18-10)11-3-2-4-12(9-11)17-7-5-14-6-8-17;1-6(13)11-12-9(14)7-3-2-4-8(10)5-7;1-6-11-12-9(13-6)7-3-2-4-8(10)5-7;8-6-3-1-2-5(4-6)7(9)10/h2-4,9,14H,5-8H2,1H3;2-5H,1H3,(H,11,13)(H,12,14);2-5H,1H3;1-4H. The van der Waals surface area contributed by atoms with Crippen molar-refractivity contribution in [1.82, 2.24) is 36.6 Å². The van der Waals surface area contributed by atoms with E-state index in [1.807, 2.05) is 48.5 Å². The summed E-state index contributed by atoms with van der Waals surface area (Å²) in [7, 11) is 0. The van der Waals surface area contributed by atoms with Crippen LogP contribution >= 0.6 is 59.4 Å². The summed E-state index contributed by atoms with van der Waals surface area (Å²) < 4.78 is 13.4. The number of hydrogen-bond acceptors (Lipinski definition) is 11. The van der Waals surface area contributed by atoms with Crippen LogP contribution in [0, 0.1) is 13.8 Å². The number of nitrogens with one attached hydrogen (secondary N) is 3. The molecule has 0 unspecified atom stereocenters. The van der Waals surface area contributed by atoms with Gasteiger partial charge in [-0.05, 0) is 78.3 Å². The number of hydrogen-bond donors (Lipinski definition) is 3. The normalized spacial score (nSPS) is 11.7. The molecule has 6 aromatic rings. The lowest BCUT2D eigenvalue weighted by Crippen LogP contribution is -2.43. The smallest absolute Gasteiger partial charge is 0.269 e. The van der Waals surface area contributed by atoms with Gasteiger partial charge >= 0.3 is 0 Å². The number of halogens is 4. The molecule has 2 amide bonds. The number of anilines is 1. The van der Waals surface area contributed by atoms with Gasteiger partial charge in [-0.25, -0.2) is 0 Å². The van der Waals surface area contributed by atoms with Crippen LogP contribution in [0.25, 0.3) is 22.9 Å². The molecule has 1 fully saturated rings. The Hall–Kier alpha value is -4.74. The average Bonchev–Trinajstić information content (AvgIpc) is 3.83. The maximum atomic E-state index is 11.4. The minimum Gasteiger partial charge on any atom is -0.421 e. The van der Waals surface area contributed by atoms with Gasteiger partial charge in [0.2, 0.25) is 29.5 Å². The van der Waals surface area contributed by atoms with Gasteiger partial charge in [0.25, 0.3) is 11.1 Å². The number of carbonyl (C=O) groups is 3. The van der Waals surface area contributed by atoms with E-state index in [4.69, 9.17) is 20.4 Å². The second kappa shape index (κ2) is 22.0. The topological polar surface area (TPSA) is 168 Å². The fourth-order valence-electron chi connectivity index (χ4n) is 4.66. The SMILES string of the molecule is CC(=O)NNC(=O)c1cccc(Br)c1.Cc1nnc(-c2cccc(Br)c2)o1.Cc1nnc(-c2cccc(N3CCNCC3)c2)o1.O=C(Cl)c1cccc(Br)c1. The molecule has 55 heavy (non-hydrogen) atoms. The molecule has 17 heteroatoms. The quantitative estimate of drug-likeness (QED) is 0.112. The molecule has 2 aromatic heterocycles. The zero-order chi connectivity index (χ0) is 39.7. The Balaban J connectivity index is 0.000000167. The van der Waals surface area contributed by atoms with Crippen molar-refractivity contribution >= 4 is 82.1 Å². The highest BCUT2D eigenvalue weighted by Gasteiger charge is 2.13. The first-order valence-electron chi connectivity index (χ1n) is 16.6. The first-order chi connectivity index (χ1) is 26.4. The molecule has 0 spiro atoms. The minimum absolute atomic E-state index is 0.312. The number of amides is 2. The number of benzene rings is 4. The van der Waals surface area contributed by atoms with Crippen molar-refractivity contribution in [3.05, 3.63) is 133 Å². The van der Waals surface area contributed by atoms with E-state index >= 15 is 0 Å². The molecule has 1 aliphatic rings. The van der Waals surface area contributed by atoms with Crippen LogP contribution in [-0.2, 0) is 4.79 Å². The maximum absolute atomic E-state index is 11.4. The molecular formula is C38H36Br3ClN8O5. The number of hydrazine groups is 1. The molecule has 0 radical (unpaired) electrons. The van der Waals surface area contributed by atoms with Gasteiger partial charge in [-0.1, -0.05) is 78.1 Å². The molecule has 0 saturated carbocycles. The van der Waals surface area contributed by atoms with E-state index in [-0.39, 0.29) is 11.8 Å². The van der Waals surface area contributed by atoms with E-state index in [0.29, 0.717) is 34.7 Å². The Morgan fingerprint density at radius 3 is 1.64 bits per heavy atom. The van der Waals surface area contributed by atoms with Crippen molar-refractivity contribution in [3.63, 3.8) is 0 Å². The minimum atomic E-state index is -0.429. The van der Waals surface area contributed by atoms with E-state index in [1.165, 1.54) is 12.6 Å². The molecular weight excluding hydrogens is 924 g/mol. The van der Waals surface area contributed by atoms with Gasteiger partial charge in [0.15, 0.2) is 0 Å². The lowest BCUT2D eigenvalue weighted by molar-refractivity contribution is -0.119. The van der Waals surface area contributed by atoms with E-state index in [1.54, 1.807) is 50.2 Å². The number of rotatable bonds is 5. The molecule has 13 nitrogen and oxygen atoms in total. The van der Waals surface area contributed by atoms with Crippen LogP contribution in [0.2, 0.25) is 0 Å². The Morgan fingerprint density at radius 2 is 1.16 bits per heavy atom. The van der Waals surface area contributed by atoms with E-state index < -0.39 is 5.24 Å². The van der Waals surface area contributed by atoms with Crippen LogP contribution < -0.4 is 21.1 Å². The van der Waals surface area contributed by atoms with Gasteiger partial charge < -0.3 is 19.1 Å². The summed E-state index contributed by atoms with van der Waals surface area (Å²) in [6, 6.07) is 29.8. The summed E-state index contributed by atoms with van der Waals surface area (Å²) in [6.07, 6.45) is 0. The van der Waals surface area contributed by atoms with Gasteiger partial charge in [0.1, 0.15) is 0 Å². The molecule has 0 atom stereocenters. The Labute approximate surface area is 348 Å². The second-order valence-corrected chi connectivity index (χ2v) is 14.6. The van der Waals surface area contributed by atoms with Crippen molar-refractivity contribution < 1.29 is 23.2 Å². The Morgan fingerprint density at radius 1 is 0.673 bits per heavy atom. The van der Waals surface area contributed by atoms with E-state index in [9.17, 15) is 14.4 Å². The zero-order valence-electron chi connectivity index (χ0n) is 29.9. The van der Waals surface area contributed by atoms with Crippen molar-refractivity contribution in [2.75, 3.05) is 31.1 Å². The predicted octanol–water partition coefficient (Wildman–Crippen LogP) is 8.32. The van der Waals surface area contributed by atoms with Crippen LogP contribution in [0.5, 0.6) is 0 Å². The second-order valence-electron chi connectivity index (χ2n) is 11.5. The van der Waals surface area contributed by atoms with Gasteiger partial charge in [-0.15, -0.1) is 20.4 Å². The summed E-state index contributed by atoms with van der Waals surface area (Å²) in [5.74, 6) is 1.66. The first kappa shape index (κ1) is 43.0. The highest BCUT2D eigenvalue weighted by atomic mass is 79.9. The summed E-state index contributed by atoms with van der Waals surface area (Å²) in [5, 5.41) is 18.5. The summed E-state index contributed by atoms with van der Waals surface area (Å²) in [5.41, 5.74) is 8.58. The summed E-state index contributed by atoms with van der Waals surface area (Å²) in [6.45, 7) is 9.03. The molecule has 1 saturated heterocycles. The van der Waals surface area contributed by atoms with E-state index in [0.717, 1.165) is 50.7 Å². The monoisotopic (exact) mass is 956 g/mol. The van der Waals surface area contributed by atoms with Crippen molar-refractivity contribution in [3.8, 4) is 22.9 Å². The molecule has 286 valence electrons. The summed E-state index contributed by atoms with van der Waals surface area (Å²) in [4.78, 5) is 34.8. The lowest BCUT2D eigenvalue weighted by Gasteiger charge is -2.29. The molecule has 3 heterocycles. The number of piperazine rings is 1. The number of aryl methyl sites for hydroxylation is 2. The number of carbonyl (C=O) groups excluding carboxylic acids is 3. The number of nitrogens with zero attached hydrogens (tertiary/aromatic N) is 5. The van der Waals surface area contributed by atoms with Gasteiger partial charge in [0, 0.05) is 88.3 Å². The predicted molar refractivity (Wildman–Crippen MR) is 221 cm³/mol. The molecule has 0 aliphatic carbocycles. The third-order valence-corrected chi connectivity index (χ3v) is 8.89.